The van der Waals surface area contributed by atoms with E-state index in [9.17, 15) is 5.11 Å². The van der Waals surface area contributed by atoms with E-state index in [4.69, 9.17) is 9.15 Å². The summed E-state index contributed by atoms with van der Waals surface area (Å²) in [5, 5.41) is 9.79. The van der Waals surface area contributed by atoms with Crippen molar-refractivity contribution in [2.75, 3.05) is 26.4 Å². The van der Waals surface area contributed by atoms with Gasteiger partial charge in [-0.25, -0.2) is 0 Å². The van der Waals surface area contributed by atoms with Crippen molar-refractivity contribution in [3.05, 3.63) is 24.2 Å². The molecule has 1 aliphatic carbocycles. The molecule has 19 heavy (non-hydrogen) atoms. The van der Waals surface area contributed by atoms with Gasteiger partial charge < -0.3 is 14.3 Å². The Balaban J connectivity index is 1.66. The fourth-order valence-electron chi connectivity index (χ4n) is 3.00. The molecule has 2 fully saturated rings. The normalized spacial score (nSPS) is 27.9. The van der Waals surface area contributed by atoms with Crippen molar-refractivity contribution >= 4 is 0 Å². The van der Waals surface area contributed by atoms with Gasteiger partial charge in [0, 0.05) is 24.6 Å². The Kier molecular flexibility index (Phi) is 3.91. The first-order valence-corrected chi connectivity index (χ1v) is 7.26. The molecule has 0 bridgehead atoms. The molecule has 106 valence electrons. The first-order chi connectivity index (χ1) is 9.31. The van der Waals surface area contributed by atoms with E-state index >= 15 is 0 Å². The molecule has 2 heterocycles. The van der Waals surface area contributed by atoms with Crippen LogP contribution in [0, 0.1) is 5.41 Å². The maximum absolute atomic E-state index is 9.79. The van der Waals surface area contributed by atoms with Gasteiger partial charge in [-0.05, 0) is 37.8 Å². The number of rotatable bonds is 6. The average molecular weight is 265 g/mol. The second kappa shape index (κ2) is 5.65. The largest absolute Gasteiger partial charge is 0.468 e. The van der Waals surface area contributed by atoms with E-state index < -0.39 is 0 Å². The van der Waals surface area contributed by atoms with E-state index in [-0.39, 0.29) is 12.0 Å². The van der Waals surface area contributed by atoms with Gasteiger partial charge in [0.25, 0.3) is 0 Å². The molecule has 3 rings (SSSR count). The standard InChI is InChI=1S/C15H23NO3/c17-11-15(6-2-7-18-12-15)10-16(13-4-5-13)9-14-3-1-8-19-14/h1,3,8,13,17H,2,4-7,9-12H2. The topological polar surface area (TPSA) is 45.8 Å². The number of nitrogens with zero attached hydrogens (tertiary/aromatic N) is 1. The molecular formula is C15H23NO3. The second-order valence-corrected chi connectivity index (χ2v) is 6.03. The van der Waals surface area contributed by atoms with Gasteiger partial charge >= 0.3 is 0 Å². The molecule has 0 aromatic carbocycles. The molecule has 1 unspecified atom stereocenters. The van der Waals surface area contributed by atoms with Crippen molar-refractivity contribution in [2.24, 2.45) is 5.41 Å². The molecular weight excluding hydrogens is 242 g/mol. The predicted octanol–water partition coefficient (Wildman–Crippen LogP) is 2.03. The van der Waals surface area contributed by atoms with Crippen LogP contribution in [-0.4, -0.2) is 42.4 Å². The summed E-state index contributed by atoms with van der Waals surface area (Å²) < 4.78 is 11.1. The van der Waals surface area contributed by atoms with Crippen molar-refractivity contribution in [3.63, 3.8) is 0 Å². The van der Waals surface area contributed by atoms with Crippen LogP contribution in [0.4, 0.5) is 0 Å². The number of hydrogen-bond donors (Lipinski definition) is 1. The fraction of sp³-hybridized carbons (Fsp3) is 0.733. The Hall–Kier alpha value is -0.840. The summed E-state index contributed by atoms with van der Waals surface area (Å²) in [4.78, 5) is 2.46. The monoisotopic (exact) mass is 265 g/mol. The lowest BCUT2D eigenvalue weighted by Gasteiger charge is -2.39. The number of hydrogen-bond acceptors (Lipinski definition) is 4. The molecule has 2 aliphatic rings. The van der Waals surface area contributed by atoms with Crippen LogP contribution in [0.3, 0.4) is 0 Å². The third kappa shape index (κ3) is 3.19. The van der Waals surface area contributed by atoms with E-state index in [1.54, 1.807) is 6.26 Å². The van der Waals surface area contributed by atoms with Gasteiger partial charge in [0.2, 0.25) is 0 Å². The summed E-state index contributed by atoms with van der Waals surface area (Å²) in [6.45, 7) is 3.50. The van der Waals surface area contributed by atoms with Crippen LogP contribution in [0.25, 0.3) is 0 Å². The Bertz CT molecular complexity index is 380. The molecule has 1 aromatic rings. The van der Waals surface area contributed by atoms with Crippen molar-refractivity contribution in [1.82, 2.24) is 4.90 Å². The highest BCUT2D eigenvalue weighted by atomic mass is 16.5. The predicted molar refractivity (Wildman–Crippen MR) is 71.7 cm³/mol. The number of furan rings is 1. The minimum atomic E-state index is -0.0760. The summed E-state index contributed by atoms with van der Waals surface area (Å²) in [6.07, 6.45) is 6.38. The van der Waals surface area contributed by atoms with Crippen molar-refractivity contribution in [2.45, 2.75) is 38.3 Å². The maximum atomic E-state index is 9.79. The SMILES string of the molecule is OCC1(CN(Cc2ccco2)C2CC2)CCCOC1. The van der Waals surface area contributed by atoms with E-state index in [0.29, 0.717) is 12.6 Å². The molecule has 0 amide bonds. The van der Waals surface area contributed by atoms with Crippen LogP contribution in [0.15, 0.2) is 22.8 Å². The second-order valence-electron chi connectivity index (χ2n) is 6.03. The fourth-order valence-corrected chi connectivity index (χ4v) is 3.00. The molecule has 1 aliphatic heterocycles. The third-order valence-corrected chi connectivity index (χ3v) is 4.28. The number of aliphatic hydroxyl groups excluding tert-OH is 1. The van der Waals surface area contributed by atoms with Crippen LogP contribution in [0.5, 0.6) is 0 Å². The van der Waals surface area contributed by atoms with Crippen LogP contribution in [0.1, 0.15) is 31.4 Å². The molecule has 1 N–H and O–H groups in total. The number of ether oxygens (including phenoxy) is 1. The van der Waals surface area contributed by atoms with E-state index in [1.807, 2.05) is 12.1 Å². The maximum Gasteiger partial charge on any atom is 0.117 e. The zero-order valence-electron chi connectivity index (χ0n) is 11.4. The van der Waals surface area contributed by atoms with E-state index in [0.717, 1.165) is 38.3 Å². The van der Waals surface area contributed by atoms with Gasteiger partial charge in [0.1, 0.15) is 5.76 Å². The van der Waals surface area contributed by atoms with Crippen LogP contribution >= 0.6 is 0 Å². The highest BCUT2D eigenvalue weighted by molar-refractivity contribution is 5.01. The van der Waals surface area contributed by atoms with Gasteiger partial charge in [-0.15, -0.1) is 0 Å². The Morgan fingerprint density at radius 2 is 2.32 bits per heavy atom. The van der Waals surface area contributed by atoms with Gasteiger partial charge in [-0.3, -0.25) is 4.90 Å². The van der Waals surface area contributed by atoms with Crippen LogP contribution in [0.2, 0.25) is 0 Å². The van der Waals surface area contributed by atoms with Crippen LogP contribution in [-0.2, 0) is 11.3 Å². The smallest absolute Gasteiger partial charge is 0.117 e. The Labute approximate surface area is 114 Å². The molecule has 1 saturated carbocycles. The highest BCUT2D eigenvalue weighted by Crippen LogP contribution is 2.35. The first-order valence-electron chi connectivity index (χ1n) is 7.26. The van der Waals surface area contributed by atoms with E-state index in [2.05, 4.69) is 4.90 Å². The zero-order valence-corrected chi connectivity index (χ0v) is 11.4. The lowest BCUT2D eigenvalue weighted by atomic mass is 9.82. The van der Waals surface area contributed by atoms with Gasteiger partial charge in [0.15, 0.2) is 0 Å². The van der Waals surface area contributed by atoms with E-state index in [1.165, 1.54) is 12.8 Å². The Morgan fingerprint density at radius 1 is 1.42 bits per heavy atom. The first kappa shape index (κ1) is 13.2. The lowest BCUT2D eigenvalue weighted by Crippen LogP contribution is -2.46. The summed E-state index contributed by atoms with van der Waals surface area (Å²) in [7, 11) is 0. The summed E-state index contributed by atoms with van der Waals surface area (Å²) in [5.74, 6) is 1.01. The summed E-state index contributed by atoms with van der Waals surface area (Å²) in [6, 6.07) is 4.63. The van der Waals surface area contributed by atoms with Crippen molar-refractivity contribution in [1.29, 1.82) is 0 Å². The minimum absolute atomic E-state index is 0.0760. The molecule has 4 heteroatoms. The van der Waals surface area contributed by atoms with Crippen LogP contribution < -0.4 is 0 Å². The third-order valence-electron chi connectivity index (χ3n) is 4.28. The summed E-state index contributed by atoms with van der Waals surface area (Å²) in [5.41, 5.74) is -0.0760. The zero-order chi connectivity index (χ0) is 13.1. The van der Waals surface area contributed by atoms with Gasteiger partial charge in [-0.1, -0.05) is 0 Å². The Morgan fingerprint density at radius 3 is 2.89 bits per heavy atom. The van der Waals surface area contributed by atoms with Crippen molar-refractivity contribution in [3.8, 4) is 0 Å². The molecule has 1 saturated heterocycles. The van der Waals surface area contributed by atoms with Gasteiger partial charge in [-0.2, -0.15) is 0 Å². The quantitative estimate of drug-likeness (QED) is 0.855. The summed E-state index contributed by atoms with van der Waals surface area (Å²) >= 11 is 0. The lowest BCUT2D eigenvalue weighted by molar-refractivity contribution is -0.0584. The van der Waals surface area contributed by atoms with Crippen molar-refractivity contribution < 1.29 is 14.3 Å². The average Bonchev–Trinajstić information content (AvgIpc) is 3.18. The van der Waals surface area contributed by atoms with Gasteiger partial charge in [0.05, 0.1) is 26.0 Å². The highest BCUT2D eigenvalue weighted by Gasteiger charge is 2.39. The minimum Gasteiger partial charge on any atom is -0.468 e. The molecule has 0 spiro atoms. The molecule has 4 nitrogen and oxygen atoms in total. The molecule has 1 aromatic heterocycles. The number of aliphatic hydroxyl groups is 1. The molecule has 0 radical (unpaired) electrons. The molecule has 1 atom stereocenters.